The summed E-state index contributed by atoms with van der Waals surface area (Å²) in [6.07, 6.45) is 0. The molecule has 0 radical (unpaired) electrons. The predicted molar refractivity (Wildman–Crippen MR) is 99.6 cm³/mol. The number of aromatic nitrogens is 2. The van der Waals surface area contributed by atoms with Gasteiger partial charge in [-0.3, -0.25) is 10.1 Å². The fraction of sp³-hybridized carbons (Fsp3) is 0.188. The third kappa shape index (κ3) is 4.25. The zero-order valence-corrected chi connectivity index (χ0v) is 14.9. The topological polar surface area (TPSA) is 54.9 Å². The highest BCUT2D eigenvalue weighted by Gasteiger charge is 2.09. The van der Waals surface area contributed by atoms with Crippen molar-refractivity contribution in [3.8, 4) is 0 Å². The summed E-state index contributed by atoms with van der Waals surface area (Å²) in [5.41, 5.74) is 0. The quantitative estimate of drug-likeness (QED) is 0.516. The number of nitrogens with zero attached hydrogens (tertiary/aromatic N) is 2. The van der Waals surface area contributed by atoms with Crippen molar-refractivity contribution in [3.05, 3.63) is 42.5 Å². The number of anilines is 1. The highest BCUT2D eigenvalue weighted by Crippen LogP contribution is 2.28. The van der Waals surface area contributed by atoms with Gasteiger partial charge < -0.3 is 0 Å². The molecule has 0 saturated heterocycles. The van der Waals surface area contributed by atoms with Crippen LogP contribution in [0.2, 0.25) is 0 Å². The van der Waals surface area contributed by atoms with Gasteiger partial charge in [-0.15, -0.1) is 22.0 Å². The Bertz CT molecular complexity index is 814. The zero-order chi connectivity index (χ0) is 16.1. The van der Waals surface area contributed by atoms with E-state index in [-0.39, 0.29) is 5.91 Å². The molecule has 1 aromatic heterocycles. The Balaban J connectivity index is 1.61. The zero-order valence-electron chi connectivity index (χ0n) is 12.5. The summed E-state index contributed by atoms with van der Waals surface area (Å²) in [7, 11) is 0. The number of nitrogens with one attached hydrogen (secondary N) is 1. The Morgan fingerprint density at radius 1 is 1.13 bits per heavy atom. The van der Waals surface area contributed by atoms with Crippen LogP contribution in [-0.4, -0.2) is 27.6 Å². The minimum atomic E-state index is -0.0628. The van der Waals surface area contributed by atoms with Crippen molar-refractivity contribution < 1.29 is 4.79 Å². The SMILES string of the molecule is CCSc1nnc(NC(=O)CSc2cccc3ccccc23)s1. The smallest absolute Gasteiger partial charge is 0.236 e. The number of fused-ring (bicyclic) bond motifs is 1. The number of hydrogen-bond donors (Lipinski definition) is 1. The molecular weight excluding hydrogens is 346 g/mol. The molecule has 3 rings (SSSR count). The van der Waals surface area contributed by atoms with Gasteiger partial charge in [0.25, 0.3) is 0 Å². The largest absolute Gasteiger partial charge is 0.300 e. The van der Waals surface area contributed by atoms with Crippen molar-refractivity contribution in [1.29, 1.82) is 0 Å². The Kier molecular flexibility index (Phi) is 5.53. The van der Waals surface area contributed by atoms with Crippen molar-refractivity contribution in [2.75, 3.05) is 16.8 Å². The molecule has 0 unspecified atom stereocenters. The molecule has 4 nitrogen and oxygen atoms in total. The van der Waals surface area contributed by atoms with Crippen molar-refractivity contribution >= 4 is 56.7 Å². The summed E-state index contributed by atoms with van der Waals surface area (Å²) in [4.78, 5) is 13.2. The van der Waals surface area contributed by atoms with Crippen LogP contribution < -0.4 is 5.32 Å². The number of carbonyl (C=O) groups excluding carboxylic acids is 1. The lowest BCUT2D eigenvalue weighted by molar-refractivity contribution is -0.113. The lowest BCUT2D eigenvalue weighted by Gasteiger charge is -2.05. The fourth-order valence-corrected chi connectivity index (χ4v) is 4.60. The number of thioether (sulfide) groups is 2. The number of benzene rings is 2. The highest BCUT2D eigenvalue weighted by molar-refractivity contribution is 8.01. The van der Waals surface area contributed by atoms with Gasteiger partial charge in [0, 0.05) is 4.90 Å². The van der Waals surface area contributed by atoms with Gasteiger partial charge in [0.1, 0.15) is 0 Å². The third-order valence-corrected chi connectivity index (χ3v) is 5.96. The summed E-state index contributed by atoms with van der Waals surface area (Å²) < 4.78 is 0.879. The summed E-state index contributed by atoms with van der Waals surface area (Å²) in [6, 6.07) is 14.3. The van der Waals surface area contributed by atoms with Crippen molar-refractivity contribution in [3.63, 3.8) is 0 Å². The minimum Gasteiger partial charge on any atom is -0.300 e. The van der Waals surface area contributed by atoms with Crippen LogP contribution in [-0.2, 0) is 4.79 Å². The number of rotatable bonds is 6. The molecule has 3 aromatic rings. The van der Waals surface area contributed by atoms with Crippen LogP contribution in [0.4, 0.5) is 5.13 Å². The maximum Gasteiger partial charge on any atom is 0.236 e. The van der Waals surface area contributed by atoms with E-state index in [1.54, 1.807) is 11.8 Å². The van der Waals surface area contributed by atoms with Crippen molar-refractivity contribution in [2.24, 2.45) is 0 Å². The molecule has 1 N–H and O–H groups in total. The molecule has 2 aromatic carbocycles. The second kappa shape index (κ2) is 7.81. The molecule has 0 aliphatic carbocycles. The molecule has 0 spiro atoms. The first-order valence-electron chi connectivity index (χ1n) is 7.13. The fourth-order valence-electron chi connectivity index (χ4n) is 2.06. The van der Waals surface area contributed by atoms with Crippen LogP contribution in [0.5, 0.6) is 0 Å². The molecule has 1 heterocycles. The third-order valence-electron chi connectivity index (χ3n) is 3.03. The van der Waals surface area contributed by atoms with E-state index in [1.807, 2.05) is 24.3 Å². The van der Waals surface area contributed by atoms with E-state index in [2.05, 4.69) is 40.6 Å². The van der Waals surface area contributed by atoms with Gasteiger partial charge in [-0.25, -0.2) is 0 Å². The maximum absolute atomic E-state index is 12.1. The van der Waals surface area contributed by atoms with Crippen LogP contribution in [0.3, 0.4) is 0 Å². The van der Waals surface area contributed by atoms with E-state index in [1.165, 1.54) is 33.9 Å². The molecule has 0 atom stereocenters. The molecule has 0 aliphatic heterocycles. The Hall–Kier alpha value is -1.57. The van der Waals surface area contributed by atoms with Crippen molar-refractivity contribution in [1.82, 2.24) is 10.2 Å². The Morgan fingerprint density at radius 3 is 2.83 bits per heavy atom. The number of hydrogen-bond acceptors (Lipinski definition) is 6. The monoisotopic (exact) mass is 361 g/mol. The van der Waals surface area contributed by atoms with Crippen LogP contribution in [0.25, 0.3) is 10.8 Å². The van der Waals surface area contributed by atoms with Crippen LogP contribution in [0, 0.1) is 0 Å². The molecule has 23 heavy (non-hydrogen) atoms. The summed E-state index contributed by atoms with van der Waals surface area (Å²) >= 11 is 4.57. The first kappa shape index (κ1) is 16.3. The molecule has 0 aliphatic rings. The van der Waals surface area contributed by atoms with Crippen molar-refractivity contribution in [2.45, 2.75) is 16.2 Å². The number of amides is 1. The van der Waals surface area contributed by atoms with E-state index < -0.39 is 0 Å². The Labute approximate surface area is 147 Å². The van der Waals surface area contributed by atoms with E-state index in [4.69, 9.17) is 0 Å². The molecule has 0 saturated carbocycles. The average Bonchev–Trinajstić information content (AvgIpc) is 3.00. The molecule has 1 amide bonds. The molecule has 118 valence electrons. The van der Waals surface area contributed by atoms with E-state index in [9.17, 15) is 4.79 Å². The summed E-state index contributed by atoms with van der Waals surface area (Å²) in [5.74, 6) is 1.23. The van der Waals surface area contributed by atoms with E-state index >= 15 is 0 Å². The normalized spacial score (nSPS) is 10.8. The van der Waals surface area contributed by atoms with Crippen LogP contribution in [0.1, 0.15) is 6.92 Å². The first-order chi connectivity index (χ1) is 11.3. The highest BCUT2D eigenvalue weighted by atomic mass is 32.2. The van der Waals surface area contributed by atoms with Gasteiger partial charge in [-0.1, -0.05) is 66.4 Å². The van der Waals surface area contributed by atoms with Gasteiger partial charge >= 0.3 is 0 Å². The van der Waals surface area contributed by atoms with Gasteiger partial charge in [-0.05, 0) is 22.6 Å². The van der Waals surface area contributed by atoms with Gasteiger partial charge in [0.2, 0.25) is 11.0 Å². The Morgan fingerprint density at radius 2 is 1.96 bits per heavy atom. The lowest BCUT2D eigenvalue weighted by atomic mass is 10.1. The predicted octanol–water partition coefficient (Wildman–Crippen LogP) is 4.53. The molecule has 7 heteroatoms. The summed E-state index contributed by atoms with van der Waals surface area (Å²) in [5, 5.41) is 13.7. The van der Waals surface area contributed by atoms with E-state index in [0.29, 0.717) is 10.9 Å². The number of carbonyl (C=O) groups is 1. The maximum atomic E-state index is 12.1. The molecular formula is C16H15N3OS3. The summed E-state index contributed by atoms with van der Waals surface area (Å²) in [6.45, 7) is 2.06. The van der Waals surface area contributed by atoms with Crippen LogP contribution in [0.15, 0.2) is 51.7 Å². The average molecular weight is 362 g/mol. The minimum absolute atomic E-state index is 0.0628. The second-order valence-corrected chi connectivity index (χ2v) is 8.13. The first-order valence-corrected chi connectivity index (χ1v) is 9.91. The van der Waals surface area contributed by atoms with Crippen LogP contribution >= 0.6 is 34.9 Å². The van der Waals surface area contributed by atoms with E-state index in [0.717, 1.165) is 15.0 Å². The van der Waals surface area contributed by atoms with Gasteiger partial charge in [0.05, 0.1) is 5.75 Å². The second-order valence-electron chi connectivity index (χ2n) is 4.62. The molecule has 0 fully saturated rings. The molecule has 0 bridgehead atoms. The van der Waals surface area contributed by atoms with Gasteiger partial charge in [0.15, 0.2) is 4.34 Å². The van der Waals surface area contributed by atoms with Gasteiger partial charge in [-0.2, -0.15) is 0 Å². The standard InChI is InChI=1S/C16H15N3OS3/c1-2-21-16-19-18-15(23-16)17-14(20)10-22-13-9-5-7-11-6-3-4-8-12(11)13/h3-9H,2,10H2,1H3,(H,17,18,20). The lowest BCUT2D eigenvalue weighted by Crippen LogP contribution is -2.13.